The zero-order valence-electron chi connectivity index (χ0n) is 24.5. The van der Waals surface area contributed by atoms with E-state index < -0.39 is 52.6 Å². The molecule has 1 heterocycles. The third-order valence-corrected chi connectivity index (χ3v) is 10.3. The molecular formula is C30H40N4O6S2. The van der Waals surface area contributed by atoms with E-state index in [-0.39, 0.29) is 29.8 Å². The maximum absolute atomic E-state index is 13.5. The lowest BCUT2D eigenvalue weighted by Crippen LogP contribution is -2.59. The van der Waals surface area contributed by atoms with E-state index in [0.29, 0.717) is 0 Å². The van der Waals surface area contributed by atoms with Crippen molar-refractivity contribution >= 4 is 45.3 Å². The summed E-state index contributed by atoms with van der Waals surface area (Å²) >= 11 is 0. The average Bonchev–Trinajstić information content (AvgIpc) is 2.92. The van der Waals surface area contributed by atoms with E-state index in [1.54, 1.807) is 26.0 Å². The van der Waals surface area contributed by atoms with Gasteiger partial charge < -0.3 is 31.9 Å². The molecule has 10 nitrogen and oxygen atoms in total. The minimum atomic E-state index is -1.23. The highest BCUT2D eigenvalue weighted by Crippen LogP contribution is 2.39. The molecule has 3 amide bonds. The molecule has 0 bridgehead atoms. The fourth-order valence-electron chi connectivity index (χ4n) is 4.38. The van der Waals surface area contributed by atoms with Gasteiger partial charge in [0.25, 0.3) is 0 Å². The van der Waals surface area contributed by atoms with E-state index in [0.717, 1.165) is 16.7 Å². The standard InChI is InChI=1S/C30H40N4O6S2/c1-29(2,3)19-10-6-18(7-11-19)15-22-26(37)34-24(28(39)40)30(4,5)42-41-16-23(27(38)32-22)33-25(36)21(31)14-17-8-12-20(35)13-9-17/h6-13,21-24,35H,14-16,31H2,1-5H3,(H,32,38)(H,33,36)(H,34,37)(H,39,40)/t21-,22-,23-,24+/m0/s1. The minimum absolute atomic E-state index is 0.0665. The Hall–Kier alpha value is -3.22. The van der Waals surface area contributed by atoms with Crippen LogP contribution in [0.25, 0.3) is 0 Å². The summed E-state index contributed by atoms with van der Waals surface area (Å²) in [7, 11) is 2.44. The van der Waals surface area contributed by atoms with Gasteiger partial charge >= 0.3 is 5.97 Å². The number of rotatable bonds is 7. The van der Waals surface area contributed by atoms with Crippen molar-refractivity contribution in [2.24, 2.45) is 5.73 Å². The predicted octanol–water partition coefficient (Wildman–Crippen LogP) is 2.51. The van der Waals surface area contributed by atoms with Gasteiger partial charge in [-0.25, -0.2) is 4.79 Å². The molecule has 1 fully saturated rings. The number of carbonyl (C=O) groups is 4. The zero-order chi connectivity index (χ0) is 31.2. The summed E-state index contributed by atoms with van der Waals surface area (Å²) in [4.78, 5) is 52.1. The van der Waals surface area contributed by atoms with Crippen LogP contribution in [0.5, 0.6) is 5.75 Å². The molecule has 42 heavy (non-hydrogen) atoms. The van der Waals surface area contributed by atoms with Gasteiger partial charge in [0.15, 0.2) is 0 Å². The quantitative estimate of drug-likeness (QED) is 0.256. The van der Waals surface area contributed by atoms with Crippen molar-refractivity contribution in [2.75, 3.05) is 5.75 Å². The van der Waals surface area contributed by atoms with Gasteiger partial charge in [0.05, 0.1) is 10.8 Å². The summed E-state index contributed by atoms with van der Waals surface area (Å²) in [6.45, 7) is 9.69. The number of carboxylic acid groups (broad SMARTS) is 1. The van der Waals surface area contributed by atoms with Gasteiger partial charge in [0.2, 0.25) is 17.7 Å². The molecule has 0 aliphatic carbocycles. The molecule has 2 aromatic carbocycles. The molecule has 1 saturated heterocycles. The number of phenolic OH excluding ortho intramolecular Hbond substituents is 1. The van der Waals surface area contributed by atoms with Crippen LogP contribution in [0.1, 0.15) is 51.3 Å². The first-order valence-corrected chi connectivity index (χ1v) is 16.0. The molecule has 1 aliphatic heterocycles. The molecule has 0 spiro atoms. The third kappa shape index (κ3) is 9.14. The van der Waals surface area contributed by atoms with Crippen LogP contribution in [0.3, 0.4) is 0 Å². The van der Waals surface area contributed by atoms with Gasteiger partial charge in [-0.2, -0.15) is 0 Å². The summed E-state index contributed by atoms with van der Waals surface area (Å²) in [6, 6.07) is 9.71. The van der Waals surface area contributed by atoms with Crippen molar-refractivity contribution in [3.8, 4) is 5.75 Å². The Morgan fingerprint density at radius 3 is 2.19 bits per heavy atom. The fraction of sp³-hybridized carbons (Fsp3) is 0.467. The number of aliphatic carboxylic acids is 1. The first-order chi connectivity index (χ1) is 19.6. The van der Waals surface area contributed by atoms with Crippen LogP contribution >= 0.6 is 21.6 Å². The number of carbonyl (C=O) groups excluding carboxylic acids is 3. The van der Waals surface area contributed by atoms with Gasteiger partial charge in [-0.3, -0.25) is 14.4 Å². The smallest absolute Gasteiger partial charge is 0.327 e. The number of hydrogen-bond acceptors (Lipinski definition) is 8. The number of amides is 3. The monoisotopic (exact) mass is 616 g/mol. The Kier molecular flexibility index (Phi) is 11.0. The zero-order valence-corrected chi connectivity index (χ0v) is 26.1. The second-order valence-electron chi connectivity index (χ2n) is 12.0. The molecule has 0 saturated carbocycles. The molecule has 228 valence electrons. The van der Waals surface area contributed by atoms with Crippen molar-refractivity contribution in [3.05, 3.63) is 65.2 Å². The Morgan fingerprint density at radius 1 is 1.02 bits per heavy atom. The van der Waals surface area contributed by atoms with E-state index in [9.17, 15) is 29.4 Å². The van der Waals surface area contributed by atoms with E-state index >= 15 is 0 Å². The van der Waals surface area contributed by atoms with Crippen LogP contribution < -0.4 is 21.7 Å². The second-order valence-corrected chi connectivity index (χ2v) is 15.0. The first kappa shape index (κ1) is 33.3. The maximum atomic E-state index is 13.5. The molecule has 3 rings (SSSR count). The maximum Gasteiger partial charge on any atom is 0.327 e. The van der Waals surface area contributed by atoms with Crippen LogP contribution in [0.4, 0.5) is 0 Å². The van der Waals surface area contributed by atoms with Gasteiger partial charge in [0, 0.05) is 12.2 Å². The van der Waals surface area contributed by atoms with Crippen molar-refractivity contribution < 1.29 is 29.4 Å². The average molecular weight is 617 g/mol. The number of hydrogen-bond donors (Lipinski definition) is 6. The lowest BCUT2D eigenvalue weighted by Gasteiger charge is -2.31. The summed E-state index contributed by atoms with van der Waals surface area (Å²) < 4.78 is -0.942. The first-order valence-electron chi connectivity index (χ1n) is 13.6. The number of nitrogens with two attached hydrogens (primary N) is 1. The lowest BCUT2D eigenvalue weighted by molar-refractivity contribution is -0.143. The number of aromatic hydroxyl groups is 1. The van der Waals surface area contributed by atoms with Crippen LogP contribution in [-0.2, 0) is 37.4 Å². The molecule has 0 radical (unpaired) electrons. The number of benzene rings is 2. The highest BCUT2D eigenvalue weighted by Gasteiger charge is 2.40. The van der Waals surface area contributed by atoms with E-state index in [1.165, 1.54) is 33.7 Å². The third-order valence-electron chi connectivity index (χ3n) is 6.99. The highest BCUT2D eigenvalue weighted by atomic mass is 33.1. The van der Waals surface area contributed by atoms with Crippen molar-refractivity contribution in [2.45, 2.75) is 81.8 Å². The Bertz CT molecular complexity index is 1280. The van der Waals surface area contributed by atoms with Crippen LogP contribution in [0, 0.1) is 0 Å². The van der Waals surface area contributed by atoms with Gasteiger partial charge in [-0.15, -0.1) is 0 Å². The van der Waals surface area contributed by atoms with Crippen LogP contribution in [0.15, 0.2) is 48.5 Å². The number of carboxylic acids is 1. The second kappa shape index (κ2) is 13.8. The van der Waals surface area contributed by atoms with Gasteiger partial charge in [-0.1, -0.05) is 78.8 Å². The Morgan fingerprint density at radius 2 is 1.62 bits per heavy atom. The molecular weight excluding hydrogens is 576 g/mol. The molecule has 12 heteroatoms. The molecule has 7 N–H and O–H groups in total. The summed E-state index contributed by atoms with van der Waals surface area (Å²) in [6.07, 6.45) is 0.307. The number of phenols is 1. The van der Waals surface area contributed by atoms with Crippen LogP contribution in [0.2, 0.25) is 0 Å². The van der Waals surface area contributed by atoms with Crippen molar-refractivity contribution in [1.82, 2.24) is 16.0 Å². The molecule has 0 unspecified atom stereocenters. The fourth-order valence-corrected chi connectivity index (χ4v) is 7.19. The van der Waals surface area contributed by atoms with Crippen molar-refractivity contribution in [1.29, 1.82) is 0 Å². The topological polar surface area (TPSA) is 171 Å². The SMILES string of the molecule is CC(C)(C)c1ccc(C[C@@H]2NC(=O)[C@@H](NC(=O)[C@@H](N)Cc3ccc(O)cc3)CSSC(C)(C)[C@@H](C(=O)O)NC2=O)cc1. The summed E-state index contributed by atoms with van der Waals surface area (Å²) in [5.41, 5.74) is 8.70. The van der Waals surface area contributed by atoms with Gasteiger partial charge in [0.1, 0.15) is 23.9 Å². The largest absolute Gasteiger partial charge is 0.508 e. The summed E-state index contributed by atoms with van der Waals surface area (Å²) in [5, 5.41) is 27.5. The van der Waals surface area contributed by atoms with Gasteiger partial charge in [-0.05, 0) is 54.5 Å². The molecule has 0 aromatic heterocycles. The summed E-state index contributed by atoms with van der Waals surface area (Å²) in [5.74, 6) is -2.74. The molecule has 2 aromatic rings. The Balaban J connectivity index is 1.85. The highest BCUT2D eigenvalue weighted by molar-refractivity contribution is 8.77. The predicted molar refractivity (Wildman–Crippen MR) is 166 cm³/mol. The van der Waals surface area contributed by atoms with E-state index in [1.807, 2.05) is 24.3 Å². The number of nitrogens with one attached hydrogen (secondary N) is 3. The van der Waals surface area contributed by atoms with E-state index in [4.69, 9.17) is 5.73 Å². The minimum Gasteiger partial charge on any atom is -0.508 e. The molecule has 4 atom stereocenters. The molecule has 1 aliphatic rings. The van der Waals surface area contributed by atoms with Crippen molar-refractivity contribution in [3.63, 3.8) is 0 Å². The Labute approximate surface area is 254 Å². The lowest BCUT2D eigenvalue weighted by atomic mass is 9.86. The normalized spacial score (nSPS) is 22.2. The van der Waals surface area contributed by atoms with Crippen LogP contribution in [-0.4, -0.2) is 68.6 Å². The van der Waals surface area contributed by atoms with E-state index in [2.05, 4.69) is 36.7 Å².